The molecule has 0 bridgehead atoms. The van der Waals surface area contributed by atoms with E-state index in [-0.39, 0.29) is 0 Å². The van der Waals surface area contributed by atoms with Crippen molar-refractivity contribution < 1.29 is 0 Å². The Balaban J connectivity index is 3.25. The molecule has 0 spiro atoms. The molecule has 0 heterocycles. The highest BCUT2D eigenvalue weighted by atomic mass is 15.0. The molecule has 1 heteroatoms. The van der Waals surface area contributed by atoms with E-state index in [1.807, 2.05) is 20.2 Å². The van der Waals surface area contributed by atoms with Crippen LogP contribution < -0.4 is 0 Å². The van der Waals surface area contributed by atoms with Crippen molar-refractivity contribution in [2.24, 2.45) is 5.92 Å². The zero-order valence-electron chi connectivity index (χ0n) is 6.59. The van der Waals surface area contributed by atoms with Crippen molar-refractivity contribution >= 4 is 0 Å². The molecule has 1 nitrogen and oxygen atoms in total. The first-order chi connectivity index (χ1) is 4.16. The molecule has 1 atom stereocenters. The van der Waals surface area contributed by atoms with Gasteiger partial charge in [0.25, 0.3) is 0 Å². The van der Waals surface area contributed by atoms with Crippen molar-refractivity contribution in [3.63, 3.8) is 0 Å². The van der Waals surface area contributed by atoms with Gasteiger partial charge in [0.15, 0.2) is 0 Å². The molecule has 0 rings (SSSR count). The van der Waals surface area contributed by atoms with Gasteiger partial charge in [-0.15, -0.1) is 6.58 Å². The standard InChI is InChI=1S/C8H16N/c1-5-6-8(2)7-9(3)4/h5,7-8H,1,6H2,2-4H3/t8-/m1/s1. The van der Waals surface area contributed by atoms with Gasteiger partial charge >= 0.3 is 0 Å². The lowest BCUT2D eigenvalue weighted by molar-refractivity contribution is 0.421. The van der Waals surface area contributed by atoms with Crippen LogP contribution in [-0.4, -0.2) is 19.0 Å². The Labute approximate surface area is 58.4 Å². The third kappa shape index (κ3) is 5.57. The van der Waals surface area contributed by atoms with Crippen LogP contribution in [0.4, 0.5) is 0 Å². The monoisotopic (exact) mass is 126 g/mol. The number of rotatable bonds is 4. The number of nitrogens with zero attached hydrogens (tertiary/aromatic N) is 1. The van der Waals surface area contributed by atoms with Crippen LogP contribution >= 0.6 is 0 Å². The van der Waals surface area contributed by atoms with Crippen LogP contribution in [0.1, 0.15) is 13.3 Å². The first-order valence-corrected chi connectivity index (χ1v) is 3.29. The number of hydrogen-bond acceptors (Lipinski definition) is 1. The molecule has 0 aromatic carbocycles. The van der Waals surface area contributed by atoms with Crippen molar-refractivity contribution in [3.8, 4) is 0 Å². The average molecular weight is 126 g/mol. The second-order valence-corrected chi connectivity index (χ2v) is 2.61. The fourth-order valence-electron chi connectivity index (χ4n) is 0.833. The number of allylic oxidation sites excluding steroid dienone is 1. The molecule has 53 valence electrons. The first-order valence-electron chi connectivity index (χ1n) is 3.29. The maximum absolute atomic E-state index is 3.67. The minimum absolute atomic E-state index is 0.623. The lowest BCUT2D eigenvalue weighted by Gasteiger charge is -2.13. The van der Waals surface area contributed by atoms with Gasteiger partial charge in [0, 0.05) is 6.54 Å². The largest absolute Gasteiger partial charge is 0.305 e. The molecule has 0 saturated heterocycles. The first kappa shape index (κ1) is 8.70. The molecule has 0 saturated carbocycles. The quantitative estimate of drug-likeness (QED) is 0.520. The molecule has 9 heavy (non-hydrogen) atoms. The van der Waals surface area contributed by atoms with E-state index >= 15 is 0 Å². The third-order valence-corrected chi connectivity index (χ3v) is 1.09. The van der Waals surface area contributed by atoms with E-state index in [1.54, 1.807) is 0 Å². The van der Waals surface area contributed by atoms with Crippen LogP contribution in [0.25, 0.3) is 0 Å². The Morgan fingerprint density at radius 3 is 2.44 bits per heavy atom. The van der Waals surface area contributed by atoms with Gasteiger partial charge in [-0.25, -0.2) is 0 Å². The Bertz CT molecular complexity index is 76.6. The zero-order chi connectivity index (χ0) is 7.28. The minimum atomic E-state index is 0.623. The molecule has 0 fully saturated rings. The van der Waals surface area contributed by atoms with Crippen molar-refractivity contribution in [3.05, 3.63) is 19.2 Å². The Morgan fingerprint density at radius 2 is 2.11 bits per heavy atom. The third-order valence-electron chi connectivity index (χ3n) is 1.09. The normalized spacial score (nSPS) is 13.8. The molecular weight excluding hydrogens is 110 g/mol. The molecule has 0 aromatic rings. The van der Waals surface area contributed by atoms with Crippen LogP contribution in [0.2, 0.25) is 0 Å². The molecule has 0 aromatic heterocycles. The Hall–Kier alpha value is -0.300. The van der Waals surface area contributed by atoms with E-state index in [0.29, 0.717) is 5.92 Å². The van der Waals surface area contributed by atoms with Crippen LogP contribution in [0, 0.1) is 12.5 Å². The molecule has 1 radical (unpaired) electrons. The van der Waals surface area contributed by atoms with Crippen LogP contribution in [0.3, 0.4) is 0 Å². The lowest BCUT2D eigenvalue weighted by atomic mass is 10.1. The van der Waals surface area contributed by atoms with Gasteiger partial charge in [0.1, 0.15) is 0 Å². The summed E-state index contributed by atoms with van der Waals surface area (Å²) in [5, 5.41) is 0. The van der Waals surface area contributed by atoms with Gasteiger partial charge in [0.2, 0.25) is 0 Å². The maximum Gasteiger partial charge on any atom is 0.0276 e. The van der Waals surface area contributed by atoms with Crippen molar-refractivity contribution in [1.82, 2.24) is 4.90 Å². The topological polar surface area (TPSA) is 3.24 Å². The second kappa shape index (κ2) is 4.57. The van der Waals surface area contributed by atoms with E-state index in [1.165, 1.54) is 0 Å². The Kier molecular flexibility index (Phi) is 4.41. The molecule has 0 N–H and O–H groups in total. The van der Waals surface area contributed by atoms with Crippen LogP contribution in [-0.2, 0) is 0 Å². The van der Waals surface area contributed by atoms with E-state index < -0.39 is 0 Å². The van der Waals surface area contributed by atoms with Crippen LogP contribution in [0.15, 0.2) is 12.7 Å². The highest BCUT2D eigenvalue weighted by molar-refractivity contribution is 4.77. The van der Waals surface area contributed by atoms with Gasteiger partial charge in [0.05, 0.1) is 0 Å². The smallest absolute Gasteiger partial charge is 0.0276 e. The average Bonchev–Trinajstić information content (AvgIpc) is 1.63. The van der Waals surface area contributed by atoms with E-state index in [2.05, 4.69) is 24.9 Å². The van der Waals surface area contributed by atoms with E-state index in [9.17, 15) is 0 Å². The van der Waals surface area contributed by atoms with Crippen molar-refractivity contribution in [2.75, 3.05) is 14.1 Å². The van der Waals surface area contributed by atoms with E-state index in [4.69, 9.17) is 0 Å². The Morgan fingerprint density at radius 1 is 1.56 bits per heavy atom. The molecule has 0 aliphatic heterocycles. The minimum Gasteiger partial charge on any atom is -0.305 e. The van der Waals surface area contributed by atoms with Gasteiger partial charge in [-0.05, 0) is 26.4 Å². The summed E-state index contributed by atoms with van der Waals surface area (Å²) in [4.78, 5) is 2.08. The predicted octanol–water partition coefficient (Wildman–Crippen LogP) is 1.92. The van der Waals surface area contributed by atoms with Gasteiger partial charge in [-0.1, -0.05) is 13.0 Å². The molecule has 0 unspecified atom stereocenters. The highest BCUT2D eigenvalue weighted by Gasteiger charge is 1.99. The summed E-state index contributed by atoms with van der Waals surface area (Å²) in [6.07, 6.45) is 3.02. The molecule has 0 aliphatic carbocycles. The fourth-order valence-corrected chi connectivity index (χ4v) is 0.833. The SMILES string of the molecule is C=CC[C@@H](C)[CH]N(C)C. The molecular formula is C8H16N. The lowest BCUT2D eigenvalue weighted by Crippen LogP contribution is -2.12. The van der Waals surface area contributed by atoms with E-state index in [0.717, 1.165) is 6.42 Å². The molecule has 0 amide bonds. The summed E-state index contributed by atoms with van der Waals surface area (Å²) in [6.45, 7) is 8.03. The summed E-state index contributed by atoms with van der Waals surface area (Å²) in [7, 11) is 4.08. The van der Waals surface area contributed by atoms with Crippen molar-refractivity contribution in [1.29, 1.82) is 0 Å². The number of hydrogen-bond donors (Lipinski definition) is 0. The summed E-state index contributed by atoms with van der Waals surface area (Å²) in [5.74, 6) is 0.623. The summed E-state index contributed by atoms with van der Waals surface area (Å²) in [6, 6.07) is 0. The zero-order valence-corrected chi connectivity index (χ0v) is 6.59. The summed E-state index contributed by atoms with van der Waals surface area (Å²) in [5.41, 5.74) is 0. The fraction of sp³-hybridized carbons (Fsp3) is 0.625. The van der Waals surface area contributed by atoms with Gasteiger partial charge in [-0.2, -0.15) is 0 Å². The maximum atomic E-state index is 3.67. The van der Waals surface area contributed by atoms with Crippen molar-refractivity contribution in [2.45, 2.75) is 13.3 Å². The predicted molar refractivity (Wildman–Crippen MR) is 42.0 cm³/mol. The second-order valence-electron chi connectivity index (χ2n) is 2.61. The highest BCUT2D eigenvalue weighted by Crippen LogP contribution is 2.06. The van der Waals surface area contributed by atoms with Crippen LogP contribution in [0.5, 0.6) is 0 Å². The van der Waals surface area contributed by atoms with Gasteiger partial charge in [-0.3, -0.25) is 0 Å². The summed E-state index contributed by atoms with van der Waals surface area (Å²) >= 11 is 0. The van der Waals surface area contributed by atoms with Gasteiger partial charge < -0.3 is 4.90 Å². The summed E-state index contributed by atoms with van der Waals surface area (Å²) < 4.78 is 0. The molecule has 0 aliphatic rings.